The minimum atomic E-state index is -2.64. The number of carboxylic acid groups (broad SMARTS) is 1. The van der Waals surface area contributed by atoms with E-state index in [1.807, 2.05) is 23.1 Å². The average molecular weight is 753 g/mol. The molecule has 0 atom stereocenters. The molecule has 3 fully saturated rings. The molecule has 1 amide bonds. The highest BCUT2D eigenvalue weighted by atomic mass is 19.3. The zero-order chi connectivity index (χ0) is 38.0. The van der Waals surface area contributed by atoms with Crippen LogP contribution in [0.15, 0.2) is 48.8 Å². The summed E-state index contributed by atoms with van der Waals surface area (Å²) in [5.74, 6) is -0.0453. The summed E-state index contributed by atoms with van der Waals surface area (Å²) in [6.45, 7) is 7.56. The van der Waals surface area contributed by atoms with Crippen molar-refractivity contribution in [1.82, 2.24) is 29.4 Å². The maximum Gasteiger partial charge on any atom is 0.335 e. The lowest BCUT2D eigenvalue weighted by molar-refractivity contribution is -0.129. The minimum absolute atomic E-state index is 0.000211. The molecule has 0 radical (unpaired) electrons. The topological polar surface area (TPSA) is 103 Å². The predicted octanol–water partition coefficient (Wildman–Crippen LogP) is 6.99. The Morgan fingerprint density at radius 1 is 0.945 bits per heavy atom. The van der Waals surface area contributed by atoms with Crippen LogP contribution in [-0.2, 0) is 31.2 Å². The van der Waals surface area contributed by atoms with Crippen LogP contribution in [0, 0.1) is 5.41 Å². The Balaban J connectivity index is 0.907. The van der Waals surface area contributed by atoms with Crippen LogP contribution in [0.2, 0.25) is 0 Å². The number of alkyl halides is 2. The van der Waals surface area contributed by atoms with E-state index in [0.29, 0.717) is 47.8 Å². The van der Waals surface area contributed by atoms with Crippen LogP contribution in [0.1, 0.15) is 97.1 Å². The SMILES string of the molecule is CC(=O)N1CCc2c(c(N3CCCc4cc(-c5cnn(C)c5)c(C(F)F)cc43)nn2C2CCN(C3CCC4(CC3)CN(c3ccc(C(=O)O)cc3)C4)CC2)C1. The fourth-order valence-electron chi connectivity index (χ4n) is 10.2. The highest BCUT2D eigenvalue weighted by Gasteiger charge is 2.46. The molecule has 2 aromatic heterocycles. The van der Waals surface area contributed by atoms with Gasteiger partial charge in [0, 0.05) is 111 Å². The number of hydrogen-bond acceptors (Lipinski definition) is 7. The van der Waals surface area contributed by atoms with Crippen LogP contribution in [-0.4, -0.2) is 91.7 Å². The number of aromatic nitrogens is 4. The second-order valence-corrected chi connectivity index (χ2v) is 16.6. The first-order chi connectivity index (χ1) is 26.6. The number of nitrogens with zero attached hydrogens (tertiary/aromatic N) is 8. The zero-order valence-electron chi connectivity index (χ0n) is 31.8. The first-order valence-electron chi connectivity index (χ1n) is 20.0. The van der Waals surface area contributed by atoms with Gasteiger partial charge in [0.1, 0.15) is 0 Å². The molecule has 4 aromatic rings. The van der Waals surface area contributed by atoms with E-state index in [2.05, 4.69) is 24.5 Å². The molecule has 13 heteroatoms. The number of carbonyl (C=O) groups excluding carboxylic acids is 1. The van der Waals surface area contributed by atoms with Crippen molar-refractivity contribution in [2.75, 3.05) is 49.1 Å². The quantitative estimate of drug-likeness (QED) is 0.216. The average Bonchev–Trinajstić information content (AvgIpc) is 3.79. The fourth-order valence-corrected chi connectivity index (χ4v) is 10.2. The molecule has 55 heavy (non-hydrogen) atoms. The van der Waals surface area contributed by atoms with E-state index in [0.717, 1.165) is 86.6 Å². The van der Waals surface area contributed by atoms with E-state index < -0.39 is 12.4 Å². The Morgan fingerprint density at radius 2 is 1.69 bits per heavy atom. The second-order valence-electron chi connectivity index (χ2n) is 16.6. The van der Waals surface area contributed by atoms with Crippen molar-refractivity contribution in [3.8, 4) is 11.1 Å². The van der Waals surface area contributed by atoms with Gasteiger partial charge in [0.25, 0.3) is 6.43 Å². The third kappa shape index (κ3) is 6.57. The number of carboxylic acids is 1. The normalized spacial score (nSPS) is 20.5. The Labute approximate surface area is 320 Å². The lowest BCUT2D eigenvalue weighted by Gasteiger charge is -2.55. The molecule has 2 saturated heterocycles. The van der Waals surface area contributed by atoms with Crippen LogP contribution >= 0.6 is 0 Å². The van der Waals surface area contributed by atoms with Gasteiger partial charge in [-0.15, -0.1) is 0 Å². The van der Waals surface area contributed by atoms with Gasteiger partial charge in [-0.25, -0.2) is 13.6 Å². The van der Waals surface area contributed by atoms with E-state index in [1.165, 1.54) is 31.4 Å². The van der Waals surface area contributed by atoms with Gasteiger partial charge >= 0.3 is 5.97 Å². The Morgan fingerprint density at radius 3 is 2.35 bits per heavy atom. The van der Waals surface area contributed by atoms with E-state index in [1.54, 1.807) is 49.2 Å². The molecule has 4 aliphatic heterocycles. The number of aryl methyl sites for hydroxylation is 2. The van der Waals surface area contributed by atoms with Crippen molar-refractivity contribution in [2.45, 2.75) is 89.8 Å². The van der Waals surface area contributed by atoms with Crippen molar-refractivity contribution in [2.24, 2.45) is 12.5 Å². The third-order valence-electron chi connectivity index (χ3n) is 13.3. The van der Waals surface area contributed by atoms with Gasteiger partial charge in [-0.3, -0.25) is 14.2 Å². The first-order valence-corrected chi connectivity index (χ1v) is 20.0. The molecule has 1 spiro atoms. The third-order valence-corrected chi connectivity index (χ3v) is 13.3. The molecule has 1 N–H and O–H groups in total. The van der Waals surface area contributed by atoms with E-state index >= 15 is 0 Å². The Hall–Kier alpha value is -4.78. The summed E-state index contributed by atoms with van der Waals surface area (Å²) in [6, 6.07) is 11.7. The number of aromatic carboxylic acids is 1. The number of amides is 1. The molecule has 0 bridgehead atoms. The van der Waals surface area contributed by atoms with Gasteiger partial charge in [-0.1, -0.05) is 0 Å². The number of hydrogen-bond donors (Lipinski definition) is 1. The number of fused-ring (bicyclic) bond motifs is 2. The summed E-state index contributed by atoms with van der Waals surface area (Å²) < 4.78 is 33.3. The van der Waals surface area contributed by atoms with Crippen LogP contribution in [0.5, 0.6) is 0 Å². The summed E-state index contributed by atoms with van der Waals surface area (Å²) in [6.07, 6.45) is 10.1. The van der Waals surface area contributed by atoms with Gasteiger partial charge in [0.15, 0.2) is 5.82 Å². The van der Waals surface area contributed by atoms with Crippen molar-refractivity contribution < 1.29 is 23.5 Å². The predicted molar refractivity (Wildman–Crippen MR) is 206 cm³/mol. The van der Waals surface area contributed by atoms with Crippen LogP contribution in [0.25, 0.3) is 11.1 Å². The van der Waals surface area contributed by atoms with E-state index in [4.69, 9.17) is 5.10 Å². The molecule has 1 aliphatic carbocycles. The van der Waals surface area contributed by atoms with Crippen molar-refractivity contribution in [3.05, 3.63) is 76.7 Å². The zero-order valence-corrected chi connectivity index (χ0v) is 31.8. The van der Waals surface area contributed by atoms with Gasteiger partial charge in [0.2, 0.25) is 5.91 Å². The fraction of sp³-hybridized carbons (Fsp3) is 0.524. The molecule has 290 valence electrons. The highest BCUT2D eigenvalue weighted by molar-refractivity contribution is 5.88. The smallest absolute Gasteiger partial charge is 0.335 e. The lowest BCUT2D eigenvalue weighted by Crippen LogP contribution is -2.59. The van der Waals surface area contributed by atoms with Crippen LogP contribution in [0.4, 0.5) is 26.0 Å². The monoisotopic (exact) mass is 752 g/mol. The molecule has 1 saturated carbocycles. The van der Waals surface area contributed by atoms with Crippen LogP contribution in [0.3, 0.4) is 0 Å². The number of likely N-dealkylation sites (tertiary alicyclic amines) is 1. The maximum absolute atomic E-state index is 14.7. The lowest BCUT2D eigenvalue weighted by atomic mass is 9.67. The summed E-state index contributed by atoms with van der Waals surface area (Å²) in [5.41, 5.74) is 7.07. The molecule has 0 unspecified atom stereocenters. The molecule has 5 aliphatic rings. The molecule has 9 rings (SSSR count). The van der Waals surface area contributed by atoms with Crippen molar-refractivity contribution in [3.63, 3.8) is 0 Å². The van der Waals surface area contributed by atoms with Gasteiger partial charge < -0.3 is 24.7 Å². The summed E-state index contributed by atoms with van der Waals surface area (Å²) in [5, 5.41) is 18.8. The summed E-state index contributed by atoms with van der Waals surface area (Å²) >= 11 is 0. The van der Waals surface area contributed by atoms with Gasteiger partial charge in [0.05, 0.1) is 24.3 Å². The molecule has 11 nitrogen and oxygen atoms in total. The second kappa shape index (κ2) is 14.1. The number of benzene rings is 2. The van der Waals surface area contributed by atoms with Crippen LogP contribution < -0.4 is 9.80 Å². The number of anilines is 3. The van der Waals surface area contributed by atoms with Gasteiger partial charge in [-0.05, 0) is 98.9 Å². The number of rotatable bonds is 7. The molecular weight excluding hydrogens is 703 g/mol. The Kier molecular flexibility index (Phi) is 9.18. The highest BCUT2D eigenvalue weighted by Crippen LogP contribution is 2.48. The molecule has 6 heterocycles. The standard InChI is InChI=1S/C42H50F2N8O3/c1-27(53)49-19-13-37-36(24-49)40(51-16-3-4-29-20-34(30-22-45-47(2)23-30)35(39(43)44)21-38(29)51)46-52(37)33-11-17-48(18-12-33)32-9-14-42(15-10-32)25-50(26-42)31-7-5-28(6-8-31)41(54)55/h5-8,20-23,32-33,39H,3-4,9-19,24-26H2,1-2H3,(H,54,55). The van der Waals surface area contributed by atoms with Gasteiger partial charge in [-0.2, -0.15) is 10.2 Å². The van der Waals surface area contributed by atoms with E-state index in [-0.39, 0.29) is 17.5 Å². The van der Waals surface area contributed by atoms with Crippen molar-refractivity contribution in [1.29, 1.82) is 0 Å². The molecular formula is C42H50F2N8O3. The summed E-state index contributed by atoms with van der Waals surface area (Å²) in [4.78, 5) is 33.0. The Bertz CT molecular complexity index is 2090. The minimum Gasteiger partial charge on any atom is -0.478 e. The number of carbonyl (C=O) groups is 2. The van der Waals surface area contributed by atoms with Crippen molar-refractivity contribution >= 4 is 29.1 Å². The summed E-state index contributed by atoms with van der Waals surface area (Å²) in [7, 11) is 1.79. The largest absolute Gasteiger partial charge is 0.478 e. The molecule has 2 aromatic carbocycles. The number of piperidine rings is 1. The van der Waals surface area contributed by atoms with E-state index in [9.17, 15) is 23.5 Å². The maximum atomic E-state index is 14.7. The number of halogens is 2. The first kappa shape index (κ1) is 35.9.